The zero-order valence-electron chi connectivity index (χ0n) is 14.0. The van der Waals surface area contributed by atoms with Gasteiger partial charge in [-0.25, -0.2) is 0 Å². The Bertz CT molecular complexity index is 690. The lowest BCUT2D eigenvalue weighted by Crippen LogP contribution is -2.50. The maximum Gasteiger partial charge on any atom is 0.248 e. The highest BCUT2D eigenvalue weighted by molar-refractivity contribution is 5.77. The lowest BCUT2D eigenvalue weighted by molar-refractivity contribution is -0.136. The Labute approximate surface area is 140 Å². The summed E-state index contributed by atoms with van der Waals surface area (Å²) in [5, 5.41) is 13.0. The van der Waals surface area contributed by atoms with E-state index in [1.165, 1.54) is 5.56 Å². The van der Waals surface area contributed by atoms with Crippen LogP contribution in [0.1, 0.15) is 24.4 Å². The van der Waals surface area contributed by atoms with E-state index in [4.69, 9.17) is 9.63 Å². The average molecular weight is 330 g/mol. The second-order valence-corrected chi connectivity index (χ2v) is 6.07. The van der Waals surface area contributed by atoms with Crippen LogP contribution >= 0.6 is 0 Å². The molecular formula is C17H22N4O3. The smallest absolute Gasteiger partial charge is 0.248 e. The van der Waals surface area contributed by atoms with Gasteiger partial charge in [0, 0.05) is 31.7 Å². The molecule has 0 aliphatic carbocycles. The first-order chi connectivity index (χ1) is 11.6. The molecule has 24 heavy (non-hydrogen) atoms. The molecule has 7 nitrogen and oxygen atoms in total. The molecule has 3 rings (SSSR count). The summed E-state index contributed by atoms with van der Waals surface area (Å²) in [4.78, 5) is 19.9. The van der Waals surface area contributed by atoms with Gasteiger partial charge in [0.05, 0.1) is 6.04 Å². The molecule has 1 fully saturated rings. The first kappa shape index (κ1) is 16.6. The van der Waals surface area contributed by atoms with Gasteiger partial charge in [-0.15, -0.1) is 0 Å². The van der Waals surface area contributed by atoms with Crippen molar-refractivity contribution in [2.75, 3.05) is 32.8 Å². The molecule has 1 aliphatic rings. The predicted molar refractivity (Wildman–Crippen MR) is 88.1 cm³/mol. The second kappa shape index (κ2) is 7.11. The molecular weight excluding hydrogens is 308 g/mol. The molecule has 128 valence electrons. The molecule has 0 saturated carbocycles. The Balaban J connectivity index is 1.65. The van der Waals surface area contributed by atoms with E-state index < -0.39 is 6.61 Å². The lowest BCUT2D eigenvalue weighted by atomic mass is 10.1. The lowest BCUT2D eigenvalue weighted by Gasteiger charge is -2.36. The van der Waals surface area contributed by atoms with Crippen molar-refractivity contribution in [2.45, 2.75) is 19.9 Å². The third-order valence-electron chi connectivity index (χ3n) is 4.46. The second-order valence-electron chi connectivity index (χ2n) is 6.07. The minimum Gasteiger partial charge on any atom is -0.387 e. The van der Waals surface area contributed by atoms with Crippen LogP contribution < -0.4 is 0 Å². The summed E-state index contributed by atoms with van der Waals surface area (Å²) in [5.74, 6) is 0.945. The Morgan fingerprint density at radius 2 is 1.92 bits per heavy atom. The number of hydrogen-bond acceptors (Lipinski definition) is 6. The van der Waals surface area contributed by atoms with Crippen molar-refractivity contribution in [3.05, 3.63) is 35.7 Å². The maximum absolute atomic E-state index is 11.5. The van der Waals surface area contributed by atoms with Crippen LogP contribution in [-0.4, -0.2) is 63.7 Å². The predicted octanol–water partition coefficient (Wildman–Crippen LogP) is 1.24. The van der Waals surface area contributed by atoms with E-state index >= 15 is 0 Å². The molecule has 1 aliphatic heterocycles. The van der Waals surface area contributed by atoms with Gasteiger partial charge in [-0.3, -0.25) is 9.69 Å². The standard InChI is InChI=1S/C17H22N4O3/c1-12-3-5-14(6-4-12)16-18-17(24-19-16)13(2)20-7-9-21(10-8-20)15(23)11-22/h3-6,13,22H,7-11H2,1-2H3. The van der Waals surface area contributed by atoms with Gasteiger partial charge in [-0.05, 0) is 13.8 Å². The number of benzene rings is 1. The van der Waals surface area contributed by atoms with Crippen LogP contribution in [0.15, 0.2) is 28.8 Å². The van der Waals surface area contributed by atoms with Gasteiger partial charge in [0.15, 0.2) is 0 Å². The molecule has 1 atom stereocenters. The number of carbonyl (C=O) groups is 1. The number of amides is 1. The number of aryl methyl sites for hydroxylation is 1. The Hall–Kier alpha value is -2.25. The number of piperazine rings is 1. The molecule has 1 amide bonds. The summed E-state index contributed by atoms with van der Waals surface area (Å²) in [6, 6.07) is 7.99. The summed E-state index contributed by atoms with van der Waals surface area (Å²) in [6.07, 6.45) is 0. The number of aromatic nitrogens is 2. The molecule has 1 saturated heterocycles. The van der Waals surface area contributed by atoms with Crippen molar-refractivity contribution < 1.29 is 14.4 Å². The molecule has 2 heterocycles. The van der Waals surface area contributed by atoms with Gasteiger partial charge < -0.3 is 14.5 Å². The van der Waals surface area contributed by atoms with Gasteiger partial charge >= 0.3 is 0 Å². The maximum atomic E-state index is 11.5. The summed E-state index contributed by atoms with van der Waals surface area (Å²) < 4.78 is 5.44. The van der Waals surface area contributed by atoms with Crippen molar-refractivity contribution in [1.29, 1.82) is 0 Å². The number of aliphatic hydroxyl groups is 1. The van der Waals surface area contributed by atoms with Crippen molar-refractivity contribution in [3.63, 3.8) is 0 Å². The molecule has 7 heteroatoms. The fourth-order valence-corrected chi connectivity index (χ4v) is 2.84. The van der Waals surface area contributed by atoms with Crippen LogP contribution in [0.5, 0.6) is 0 Å². The Morgan fingerprint density at radius 1 is 1.25 bits per heavy atom. The van der Waals surface area contributed by atoms with Crippen molar-refractivity contribution >= 4 is 5.91 Å². The number of nitrogens with zero attached hydrogens (tertiary/aromatic N) is 4. The SMILES string of the molecule is Cc1ccc(-c2noc(C(C)N3CCN(C(=O)CO)CC3)n2)cc1. The summed E-state index contributed by atoms with van der Waals surface area (Å²) >= 11 is 0. The highest BCUT2D eigenvalue weighted by Crippen LogP contribution is 2.23. The number of rotatable bonds is 4. The Kier molecular flexibility index (Phi) is 4.92. The quantitative estimate of drug-likeness (QED) is 0.908. The summed E-state index contributed by atoms with van der Waals surface area (Å²) in [5.41, 5.74) is 2.12. The number of aliphatic hydroxyl groups excluding tert-OH is 1. The minimum absolute atomic E-state index is 0.0110. The van der Waals surface area contributed by atoms with E-state index in [1.54, 1.807) is 4.90 Å². The fourth-order valence-electron chi connectivity index (χ4n) is 2.84. The zero-order chi connectivity index (χ0) is 17.1. The van der Waals surface area contributed by atoms with Gasteiger partial charge in [0.2, 0.25) is 17.6 Å². The van der Waals surface area contributed by atoms with E-state index in [2.05, 4.69) is 15.0 Å². The molecule has 1 N–H and O–H groups in total. The van der Waals surface area contributed by atoms with Crippen LogP contribution in [0.3, 0.4) is 0 Å². The molecule has 1 aromatic carbocycles. The summed E-state index contributed by atoms with van der Waals surface area (Å²) in [7, 11) is 0. The summed E-state index contributed by atoms with van der Waals surface area (Å²) in [6.45, 7) is 6.26. The van der Waals surface area contributed by atoms with Crippen LogP contribution in [0, 0.1) is 6.92 Å². The highest BCUT2D eigenvalue weighted by Gasteiger charge is 2.27. The molecule has 0 bridgehead atoms. The van der Waals surface area contributed by atoms with E-state index in [0.29, 0.717) is 24.8 Å². The van der Waals surface area contributed by atoms with Gasteiger partial charge in [0.1, 0.15) is 6.61 Å². The van der Waals surface area contributed by atoms with Crippen LogP contribution in [0.4, 0.5) is 0 Å². The zero-order valence-corrected chi connectivity index (χ0v) is 14.0. The van der Waals surface area contributed by atoms with E-state index in [1.807, 2.05) is 38.1 Å². The molecule has 0 spiro atoms. The van der Waals surface area contributed by atoms with Gasteiger partial charge in [-0.1, -0.05) is 35.0 Å². The Morgan fingerprint density at radius 3 is 2.54 bits per heavy atom. The number of hydrogen-bond donors (Lipinski definition) is 1. The largest absolute Gasteiger partial charge is 0.387 e. The van der Waals surface area contributed by atoms with E-state index in [-0.39, 0.29) is 11.9 Å². The van der Waals surface area contributed by atoms with Crippen LogP contribution in [0.2, 0.25) is 0 Å². The minimum atomic E-state index is -0.431. The highest BCUT2D eigenvalue weighted by atomic mass is 16.5. The molecule has 1 unspecified atom stereocenters. The normalized spacial score (nSPS) is 17.0. The molecule has 1 aromatic heterocycles. The fraction of sp³-hybridized carbons (Fsp3) is 0.471. The van der Waals surface area contributed by atoms with Crippen LogP contribution in [0.25, 0.3) is 11.4 Å². The van der Waals surface area contributed by atoms with Crippen molar-refractivity contribution in [1.82, 2.24) is 19.9 Å². The number of carbonyl (C=O) groups excluding carboxylic acids is 1. The van der Waals surface area contributed by atoms with Crippen LogP contribution in [-0.2, 0) is 4.79 Å². The third kappa shape index (κ3) is 3.47. The monoisotopic (exact) mass is 330 g/mol. The molecule has 0 radical (unpaired) electrons. The first-order valence-corrected chi connectivity index (χ1v) is 8.12. The molecule has 2 aromatic rings. The third-order valence-corrected chi connectivity index (χ3v) is 4.46. The topological polar surface area (TPSA) is 82.7 Å². The first-order valence-electron chi connectivity index (χ1n) is 8.12. The van der Waals surface area contributed by atoms with Crippen molar-refractivity contribution in [2.24, 2.45) is 0 Å². The van der Waals surface area contributed by atoms with E-state index in [0.717, 1.165) is 18.7 Å². The van der Waals surface area contributed by atoms with Crippen molar-refractivity contribution in [3.8, 4) is 11.4 Å². The van der Waals surface area contributed by atoms with E-state index in [9.17, 15) is 4.79 Å². The average Bonchev–Trinajstić information content (AvgIpc) is 3.11. The van der Waals surface area contributed by atoms with Gasteiger partial charge in [-0.2, -0.15) is 4.98 Å². The van der Waals surface area contributed by atoms with Gasteiger partial charge in [0.25, 0.3) is 0 Å².